The summed E-state index contributed by atoms with van der Waals surface area (Å²) in [6, 6.07) is 1.81. The molecular formula is C10H12N2O2. The Morgan fingerprint density at radius 3 is 3.21 bits per heavy atom. The minimum Gasteiger partial charge on any atom is -0.461 e. The van der Waals surface area contributed by atoms with Gasteiger partial charge in [-0.2, -0.15) is 0 Å². The highest BCUT2D eigenvalue weighted by atomic mass is 16.5. The number of rotatable bonds is 2. The van der Waals surface area contributed by atoms with E-state index in [0.29, 0.717) is 12.3 Å². The van der Waals surface area contributed by atoms with E-state index in [-0.39, 0.29) is 5.97 Å². The standard InChI is InChI=1S/C10H12N2O2/c1-2-14-10(13)8-5-7-3-4-11-6-9(7)12-8/h3-5,11-12H,2,6H2,1H3. The van der Waals surface area contributed by atoms with Crippen molar-refractivity contribution in [3.63, 3.8) is 0 Å². The Hall–Kier alpha value is -1.71. The van der Waals surface area contributed by atoms with Crippen molar-refractivity contribution in [2.45, 2.75) is 13.5 Å². The Kier molecular flexibility index (Phi) is 2.26. The molecule has 0 radical (unpaired) electrons. The lowest BCUT2D eigenvalue weighted by Gasteiger charge is -2.05. The Morgan fingerprint density at radius 2 is 2.50 bits per heavy atom. The summed E-state index contributed by atoms with van der Waals surface area (Å²) in [7, 11) is 0. The van der Waals surface area contributed by atoms with Gasteiger partial charge < -0.3 is 15.0 Å². The van der Waals surface area contributed by atoms with Crippen molar-refractivity contribution in [3.05, 3.63) is 29.2 Å². The highest BCUT2D eigenvalue weighted by Gasteiger charge is 2.14. The molecule has 0 unspecified atom stereocenters. The van der Waals surface area contributed by atoms with Crippen LogP contribution in [0, 0.1) is 0 Å². The number of fused-ring (bicyclic) bond motifs is 1. The number of hydrogen-bond acceptors (Lipinski definition) is 3. The lowest BCUT2D eigenvalue weighted by molar-refractivity contribution is 0.0520. The molecule has 2 N–H and O–H groups in total. The van der Waals surface area contributed by atoms with Crippen molar-refractivity contribution in [2.75, 3.05) is 6.61 Å². The molecule has 74 valence electrons. The molecule has 0 fully saturated rings. The number of carbonyl (C=O) groups excluding carboxylic acids is 1. The van der Waals surface area contributed by atoms with Gasteiger partial charge >= 0.3 is 5.97 Å². The Balaban J connectivity index is 2.24. The Bertz CT molecular complexity index is 379. The molecule has 1 aromatic rings. The topological polar surface area (TPSA) is 54.1 Å². The number of hydrogen-bond donors (Lipinski definition) is 2. The third-order valence-corrected chi connectivity index (χ3v) is 2.09. The highest BCUT2D eigenvalue weighted by molar-refractivity contribution is 5.88. The molecule has 2 heterocycles. The van der Waals surface area contributed by atoms with E-state index in [9.17, 15) is 4.79 Å². The average Bonchev–Trinajstić information content (AvgIpc) is 2.61. The minimum absolute atomic E-state index is 0.296. The van der Waals surface area contributed by atoms with Crippen molar-refractivity contribution in [3.8, 4) is 0 Å². The van der Waals surface area contributed by atoms with Gasteiger partial charge in [0.15, 0.2) is 0 Å². The van der Waals surface area contributed by atoms with Gasteiger partial charge in [-0.05, 0) is 30.8 Å². The molecule has 1 aliphatic rings. The SMILES string of the molecule is CCOC(=O)c1cc2c([nH]1)CNC=C2. The normalized spacial score (nSPS) is 13.2. The van der Waals surface area contributed by atoms with E-state index in [0.717, 1.165) is 17.8 Å². The quantitative estimate of drug-likeness (QED) is 0.694. The van der Waals surface area contributed by atoms with Crippen molar-refractivity contribution < 1.29 is 9.53 Å². The average molecular weight is 192 g/mol. The fraction of sp³-hybridized carbons (Fsp3) is 0.300. The van der Waals surface area contributed by atoms with Crippen LogP contribution >= 0.6 is 0 Å². The second kappa shape index (κ2) is 3.57. The highest BCUT2D eigenvalue weighted by Crippen LogP contribution is 2.16. The van der Waals surface area contributed by atoms with Crippen LogP contribution in [-0.4, -0.2) is 17.6 Å². The zero-order valence-corrected chi connectivity index (χ0v) is 7.96. The van der Waals surface area contributed by atoms with Crippen LogP contribution < -0.4 is 5.32 Å². The molecule has 0 aromatic carbocycles. The second-order valence-corrected chi connectivity index (χ2v) is 3.05. The van der Waals surface area contributed by atoms with Gasteiger partial charge in [-0.1, -0.05) is 0 Å². The van der Waals surface area contributed by atoms with E-state index in [1.54, 1.807) is 6.92 Å². The largest absolute Gasteiger partial charge is 0.461 e. The van der Waals surface area contributed by atoms with E-state index in [2.05, 4.69) is 10.3 Å². The number of carbonyl (C=O) groups is 1. The zero-order chi connectivity index (χ0) is 9.97. The van der Waals surface area contributed by atoms with Crippen LogP contribution in [0.1, 0.15) is 28.7 Å². The summed E-state index contributed by atoms with van der Waals surface area (Å²) in [4.78, 5) is 14.4. The molecule has 0 bridgehead atoms. The third kappa shape index (κ3) is 1.51. The van der Waals surface area contributed by atoms with Gasteiger partial charge in [-0.25, -0.2) is 4.79 Å². The number of ether oxygens (including phenoxy) is 1. The predicted octanol–water partition coefficient (Wildman–Crippen LogP) is 1.27. The summed E-state index contributed by atoms with van der Waals surface area (Å²) in [6.45, 7) is 2.92. The maximum absolute atomic E-state index is 11.4. The van der Waals surface area contributed by atoms with E-state index < -0.39 is 0 Å². The molecule has 1 aliphatic heterocycles. The van der Waals surface area contributed by atoms with Crippen LogP contribution in [0.3, 0.4) is 0 Å². The fourth-order valence-electron chi connectivity index (χ4n) is 1.44. The molecule has 4 nitrogen and oxygen atoms in total. The number of aromatic amines is 1. The minimum atomic E-state index is -0.296. The Morgan fingerprint density at radius 1 is 1.64 bits per heavy atom. The maximum Gasteiger partial charge on any atom is 0.354 e. The monoisotopic (exact) mass is 192 g/mol. The molecular weight excluding hydrogens is 180 g/mol. The van der Waals surface area contributed by atoms with Gasteiger partial charge in [-0.3, -0.25) is 0 Å². The lowest BCUT2D eigenvalue weighted by Crippen LogP contribution is -2.10. The van der Waals surface area contributed by atoms with E-state index >= 15 is 0 Å². The van der Waals surface area contributed by atoms with Gasteiger partial charge in [0, 0.05) is 5.69 Å². The second-order valence-electron chi connectivity index (χ2n) is 3.05. The first-order valence-corrected chi connectivity index (χ1v) is 4.60. The molecule has 2 rings (SSSR count). The molecule has 1 aromatic heterocycles. The van der Waals surface area contributed by atoms with Crippen LogP contribution in [0.25, 0.3) is 6.08 Å². The first kappa shape index (κ1) is 8.87. The van der Waals surface area contributed by atoms with Crippen LogP contribution in [0.2, 0.25) is 0 Å². The smallest absolute Gasteiger partial charge is 0.354 e. The van der Waals surface area contributed by atoms with Gasteiger partial charge in [-0.15, -0.1) is 0 Å². The van der Waals surface area contributed by atoms with Crippen molar-refractivity contribution >= 4 is 12.0 Å². The fourth-order valence-corrected chi connectivity index (χ4v) is 1.44. The van der Waals surface area contributed by atoms with Crippen molar-refractivity contribution in [1.29, 1.82) is 0 Å². The molecule has 0 saturated carbocycles. The summed E-state index contributed by atoms with van der Waals surface area (Å²) in [6.07, 6.45) is 3.79. The van der Waals surface area contributed by atoms with Gasteiger partial charge in [0.2, 0.25) is 0 Å². The van der Waals surface area contributed by atoms with Crippen molar-refractivity contribution in [1.82, 2.24) is 10.3 Å². The van der Waals surface area contributed by atoms with Crippen LogP contribution in [0.5, 0.6) is 0 Å². The van der Waals surface area contributed by atoms with Crippen LogP contribution in [-0.2, 0) is 11.3 Å². The number of aromatic nitrogens is 1. The van der Waals surface area contributed by atoms with E-state index in [1.165, 1.54) is 0 Å². The number of nitrogens with one attached hydrogen (secondary N) is 2. The summed E-state index contributed by atoms with van der Waals surface area (Å²) in [5.41, 5.74) is 2.59. The van der Waals surface area contributed by atoms with E-state index in [1.807, 2.05) is 18.3 Å². The lowest BCUT2D eigenvalue weighted by atomic mass is 10.2. The van der Waals surface area contributed by atoms with Gasteiger partial charge in [0.05, 0.1) is 13.2 Å². The summed E-state index contributed by atoms with van der Waals surface area (Å²) in [5, 5.41) is 3.06. The number of H-pyrrole nitrogens is 1. The summed E-state index contributed by atoms with van der Waals surface area (Å²) >= 11 is 0. The van der Waals surface area contributed by atoms with Crippen LogP contribution in [0.15, 0.2) is 12.3 Å². The molecule has 0 amide bonds. The van der Waals surface area contributed by atoms with Gasteiger partial charge in [0.1, 0.15) is 5.69 Å². The number of esters is 1. The molecule has 0 spiro atoms. The molecule has 0 saturated heterocycles. The predicted molar refractivity (Wildman–Crippen MR) is 52.6 cm³/mol. The van der Waals surface area contributed by atoms with Crippen molar-refractivity contribution in [2.24, 2.45) is 0 Å². The Labute approximate surface area is 82.0 Å². The molecule has 14 heavy (non-hydrogen) atoms. The summed E-state index contributed by atoms with van der Waals surface area (Å²) < 4.78 is 4.89. The van der Waals surface area contributed by atoms with E-state index in [4.69, 9.17) is 4.74 Å². The zero-order valence-electron chi connectivity index (χ0n) is 7.96. The molecule has 0 atom stereocenters. The van der Waals surface area contributed by atoms with Gasteiger partial charge in [0.25, 0.3) is 0 Å². The maximum atomic E-state index is 11.4. The molecule has 4 heteroatoms. The third-order valence-electron chi connectivity index (χ3n) is 2.09. The summed E-state index contributed by atoms with van der Waals surface area (Å²) in [5.74, 6) is -0.296. The first-order chi connectivity index (χ1) is 6.81. The molecule has 0 aliphatic carbocycles. The van der Waals surface area contributed by atoms with Crippen LogP contribution in [0.4, 0.5) is 0 Å². The first-order valence-electron chi connectivity index (χ1n) is 4.60.